The number of furan rings is 1. The van der Waals surface area contributed by atoms with Crippen LogP contribution >= 0.6 is 0 Å². The minimum Gasteiger partial charge on any atom is -0.466 e. The molecule has 0 aliphatic heterocycles. The van der Waals surface area contributed by atoms with Gasteiger partial charge in [-0.1, -0.05) is 18.2 Å². The third kappa shape index (κ3) is 2.69. The van der Waals surface area contributed by atoms with E-state index in [1.165, 1.54) is 6.07 Å². The Morgan fingerprint density at radius 3 is 2.47 bits per heavy atom. The Labute approximate surface area is 111 Å². The summed E-state index contributed by atoms with van der Waals surface area (Å²) in [5.74, 6) is 0.516. The first-order chi connectivity index (χ1) is 9.04. The molecule has 0 bridgehead atoms. The Morgan fingerprint density at radius 1 is 1.26 bits per heavy atom. The number of aryl methyl sites for hydroxylation is 2. The van der Waals surface area contributed by atoms with Gasteiger partial charge in [-0.15, -0.1) is 0 Å². The van der Waals surface area contributed by atoms with E-state index in [1.54, 1.807) is 31.2 Å². The third-order valence-electron chi connectivity index (χ3n) is 3.34. The minimum absolute atomic E-state index is 0.158. The fraction of sp³-hybridized carbons (Fsp3) is 0.333. The molecule has 4 heteroatoms. The maximum absolute atomic E-state index is 13.8. The molecule has 19 heavy (non-hydrogen) atoms. The van der Waals surface area contributed by atoms with Crippen molar-refractivity contribution in [2.24, 2.45) is 5.73 Å². The molecule has 1 aromatic carbocycles. The minimum atomic E-state index is -0.876. The van der Waals surface area contributed by atoms with Gasteiger partial charge in [-0.25, -0.2) is 4.39 Å². The van der Waals surface area contributed by atoms with Crippen molar-refractivity contribution in [2.45, 2.75) is 25.9 Å². The summed E-state index contributed by atoms with van der Waals surface area (Å²) in [7, 11) is 0. The standard InChI is InChI=1S/C15H18FNO2/c1-9-7-12(10(2)19-9)15(18)13(8-17)11-5-3-4-6-14(11)16/h3-7,13,15,18H,8,17H2,1-2H3. The average Bonchev–Trinajstić information content (AvgIpc) is 2.71. The number of halogens is 1. The van der Waals surface area contributed by atoms with Gasteiger partial charge in [0.15, 0.2) is 0 Å². The van der Waals surface area contributed by atoms with Crippen LogP contribution in [0, 0.1) is 19.7 Å². The molecule has 0 saturated carbocycles. The Kier molecular flexibility index (Phi) is 4.02. The first kappa shape index (κ1) is 13.8. The first-order valence-corrected chi connectivity index (χ1v) is 6.24. The summed E-state index contributed by atoms with van der Waals surface area (Å²) in [4.78, 5) is 0. The predicted molar refractivity (Wildman–Crippen MR) is 71.3 cm³/mol. The van der Waals surface area contributed by atoms with Crippen LogP contribution in [0.3, 0.4) is 0 Å². The quantitative estimate of drug-likeness (QED) is 0.891. The highest BCUT2D eigenvalue weighted by Crippen LogP contribution is 2.34. The van der Waals surface area contributed by atoms with Crippen molar-refractivity contribution < 1.29 is 13.9 Å². The molecular weight excluding hydrogens is 245 g/mol. The average molecular weight is 263 g/mol. The maximum atomic E-state index is 13.8. The second-order valence-electron chi connectivity index (χ2n) is 4.68. The van der Waals surface area contributed by atoms with Gasteiger partial charge in [-0.05, 0) is 31.5 Å². The Morgan fingerprint density at radius 2 is 1.95 bits per heavy atom. The second-order valence-corrected chi connectivity index (χ2v) is 4.68. The van der Waals surface area contributed by atoms with Gasteiger partial charge in [-0.3, -0.25) is 0 Å². The summed E-state index contributed by atoms with van der Waals surface area (Å²) in [6.07, 6.45) is -0.876. The lowest BCUT2D eigenvalue weighted by Gasteiger charge is -2.22. The van der Waals surface area contributed by atoms with Crippen LogP contribution in [0.1, 0.15) is 34.7 Å². The van der Waals surface area contributed by atoms with Crippen molar-refractivity contribution in [3.63, 3.8) is 0 Å². The molecule has 0 spiro atoms. The van der Waals surface area contributed by atoms with Gasteiger partial charge in [0.1, 0.15) is 17.3 Å². The summed E-state index contributed by atoms with van der Waals surface area (Å²) in [6, 6.07) is 8.15. The van der Waals surface area contributed by atoms with Crippen LogP contribution in [0.25, 0.3) is 0 Å². The fourth-order valence-corrected chi connectivity index (χ4v) is 2.36. The lowest BCUT2D eigenvalue weighted by atomic mass is 9.89. The highest BCUT2D eigenvalue weighted by Gasteiger charge is 2.26. The topological polar surface area (TPSA) is 59.4 Å². The van der Waals surface area contributed by atoms with Crippen molar-refractivity contribution in [3.05, 3.63) is 58.8 Å². The van der Waals surface area contributed by atoms with Gasteiger partial charge in [0.05, 0.1) is 6.10 Å². The van der Waals surface area contributed by atoms with Crippen molar-refractivity contribution in [3.8, 4) is 0 Å². The second kappa shape index (κ2) is 5.55. The van der Waals surface area contributed by atoms with Gasteiger partial charge in [-0.2, -0.15) is 0 Å². The van der Waals surface area contributed by atoms with E-state index in [0.717, 1.165) is 5.76 Å². The van der Waals surface area contributed by atoms with Gasteiger partial charge in [0.25, 0.3) is 0 Å². The molecule has 1 heterocycles. The zero-order valence-electron chi connectivity index (χ0n) is 11.1. The number of aliphatic hydroxyl groups excluding tert-OH is 1. The Bertz CT molecular complexity index is 565. The molecule has 3 nitrogen and oxygen atoms in total. The van der Waals surface area contributed by atoms with Crippen molar-refractivity contribution in [1.29, 1.82) is 0 Å². The molecule has 0 radical (unpaired) electrons. The first-order valence-electron chi connectivity index (χ1n) is 6.24. The summed E-state index contributed by atoms with van der Waals surface area (Å²) < 4.78 is 19.2. The number of hydrogen-bond acceptors (Lipinski definition) is 3. The zero-order chi connectivity index (χ0) is 14.0. The van der Waals surface area contributed by atoms with Crippen LogP contribution in [0.15, 0.2) is 34.7 Å². The highest BCUT2D eigenvalue weighted by molar-refractivity contribution is 5.30. The van der Waals surface area contributed by atoms with E-state index in [1.807, 2.05) is 6.92 Å². The van der Waals surface area contributed by atoms with Crippen LogP contribution in [0.5, 0.6) is 0 Å². The molecule has 2 aromatic rings. The summed E-state index contributed by atoms with van der Waals surface area (Å²) in [5, 5.41) is 10.4. The lowest BCUT2D eigenvalue weighted by Crippen LogP contribution is -2.21. The SMILES string of the molecule is Cc1cc(C(O)C(CN)c2ccccc2F)c(C)o1. The van der Waals surface area contributed by atoms with E-state index in [0.29, 0.717) is 16.9 Å². The molecule has 0 amide bonds. The molecule has 0 saturated heterocycles. The van der Waals surface area contributed by atoms with E-state index < -0.39 is 12.0 Å². The molecule has 1 aromatic heterocycles. The fourth-order valence-electron chi connectivity index (χ4n) is 2.36. The van der Waals surface area contributed by atoms with E-state index in [9.17, 15) is 9.50 Å². The van der Waals surface area contributed by atoms with E-state index in [4.69, 9.17) is 10.2 Å². The van der Waals surface area contributed by atoms with Gasteiger partial charge < -0.3 is 15.3 Å². The molecule has 2 atom stereocenters. The molecule has 3 N–H and O–H groups in total. The van der Waals surface area contributed by atoms with E-state index >= 15 is 0 Å². The smallest absolute Gasteiger partial charge is 0.126 e. The number of hydrogen-bond donors (Lipinski definition) is 2. The van der Waals surface area contributed by atoms with Gasteiger partial charge >= 0.3 is 0 Å². The van der Waals surface area contributed by atoms with Crippen molar-refractivity contribution in [2.75, 3.05) is 6.54 Å². The Hall–Kier alpha value is -1.65. The molecule has 0 aliphatic carbocycles. The molecule has 102 valence electrons. The molecule has 0 aliphatic rings. The monoisotopic (exact) mass is 263 g/mol. The van der Waals surface area contributed by atoms with Crippen molar-refractivity contribution >= 4 is 0 Å². The number of aliphatic hydroxyl groups is 1. The van der Waals surface area contributed by atoms with Gasteiger partial charge in [0, 0.05) is 18.0 Å². The predicted octanol–water partition coefficient (Wildman–Crippen LogP) is 2.81. The summed E-state index contributed by atoms with van der Waals surface area (Å²) in [6.45, 7) is 3.75. The molecule has 2 unspecified atom stereocenters. The molecular formula is C15H18FNO2. The lowest BCUT2D eigenvalue weighted by molar-refractivity contribution is 0.144. The Balaban J connectivity index is 2.37. The van der Waals surface area contributed by atoms with Crippen LogP contribution < -0.4 is 5.73 Å². The van der Waals surface area contributed by atoms with Crippen LogP contribution in [-0.2, 0) is 0 Å². The maximum Gasteiger partial charge on any atom is 0.126 e. The van der Waals surface area contributed by atoms with Crippen LogP contribution in [0.2, 0.25) is 0 Å². The number of rotatable bonds is 4. The molecule has 0 fully saturated rings. The largest absolute Gasteiger partial charge is 0.466 e. The number of nitrogens with two attached hydrogens (primary N) is 1. The van der Waals surface area contributed by atoms with E-state index in [2.05, 4.69) is 0 Å². The third-order valence-corrected chi connectivity index (χ3v) is 3.34. The van der Waals surface area contributed by atoms with E-state index in [-0.39, 0.29) is 12.4 Å². The summed E-state index contributed by atoms with van der Waals surface area (Å²) in [5.41, 5.74) is 6.80. The number of benzene rings is 1. The van der Waals surface area contributed by atoms with Crippen LogP contribution in [-0.4, -0.2) is 11.7 Å². The normalized spacial score (nSPS) is 14.4. The van der Waals surface area contributed by atoms with Gasteiger partial charge in [0.2, 0.25) is 0 Å². The van der Waals surface area contributed by atoms with Crippen molar-refractivity contribution in [1.82, 2.24) is 0 Å². The zero-order valence-corrected chi connectivity index (χ0v) is 11.1. The molecule has 2 rings (SSSR count). The summed E-state index contributed by atoms with van der Waals surface area (Å²) >= 11 is 0. The van der Waals surface area contributed by atoms with Crippen LogP contribution in [0.4, 0.5) is 4.39 Å². The highest BCUT2D eigenvalue weighted by atomic mass is 19.1.